The van der Waals surface area contributed by atoms with Crippen LogP contribution in [0.15, 0.2) is 6.20 Å². The molecule has 0 spiro atoms. The predicted molar refractivity (Wildman–Crippen MR) is 99.5 cm³/mol. The fourth-order valence-electron chi connectivity index (χ4n) is 1.88. The Morgan fingerprint density at radius 3 is 2.21 bits per heavy atom. The van der Waals surface area contributed by atoms with Crippen LogP contribution in [0.3, 0.4) is 0 Å². The van der Waals surface area contributed by atoms with Gasteiger partial charge < -0.3 is 24.3 Å². The number of ether oxygens (including phenoxy) is 4. The van der Waals surface area contributed by atoms with Crippen molar-refractivity contribution in [3.8, 4) is 5.88 Å². The van der Waals surface area contributed by atoms with E-state index < -0.39 is 29.4 Å². The maximum atomic E-state index is 12.3. The molecule has 0 aliphatic carbocycles. The summed E-state index contributed by atoms with van der Waals surface area (Å²) in [6, 6.07) is 0. The largest absolute Gasteiger partial charge is 0.475 e. The molecule has 0 aromatic carbocycles. The molecular weight excluding hydrogens is 370 g/mol. The number of hydrogen-bond acceptors (Lipinski definition) is 8. The summed E-state index contributed by atoms with van der Waals surface area (Å²) < 4.78 is 21.7. The first-order valence-corrected chi connectivity index (χ1v) is 8.92. The van der Waals surface area contributed by atoms with Crippen LogP contribution in [-0.2, 0) is 14.2 Å². The van der Waals surface area contributed by atoms with Gasteiger partial charge in [-0.15, -0.1) is 4.68 Å². The molecule has 1 aromatic heterocycles. The second-order valence-electron chi connectivity index (χ2n) is 7.75. The molecule has 1 aromatic rings. The van der Waals surface area contributed by atoms with Crippen molar-refractivity contribution in [2.45, 2.75) is 59.7 Å². The molecule has 1 rings (SSSR count). The maximum Gasteiger partial charge on any atom is 0.438 e. The van der Waals surface area contributed by atoms with Crippen LogP contribution in [-0.4, -0.2) is 58.9 Å². The van der Waals surface area contributed by atoms with Crippen LogP contribution >= 0.6 is 0 Å². The third-order valence-electron chi connectivity index (χ3n) is 2.80. The minimum atomic E-state index is -0.807. The SMILES string of the molecule is CCOC(=O)c1cnn(C(=O)OC(C)(C)C)c1OCCNC(=O)OC(C)(C)C. The van der Waals surface area contributed by atoms with Crippen molar-refractivity contribution in [2.24, 2.45) is 0 Å². The standard InChI is InChI=1S/C18H29N3O7/c1-8-25-14(22)12-11-20-21(16(24)28-18(5,6)7)13(12)26-10-9-19-15(23)27-17(2,3)4/h11H,8-10H2,1-7H3,(H,19,23). The van der Waals surface area contributed by atoms with E-state index in [2.05, 4.69) is 10.4 Å². The van der Waals surface area contributed by atoms with E-state index in [1.165, 1.54) is 6.20 Å². The highest BCUT2D eigenvalue weighted by atomic mass is 16.6. The van der Waals surface area contributed by atoms with Crippen LogP contribution in [0.5, 0.6) is 5.88 Å². The van der Waals surface area contributed by atoms with Crippen LogP contribution in [0.25, 0.3) is 0 Å². The van der Waals surface area contributed by atoms with Crippen molar-refractivity contribution in [2.75, 3.05) is 19.8 Å². The zero-order valence-electron chi connectivity index (χ0n) is 17.5. The first-order valence-electron chi connectivity index (χ1n) is 8.92. The first-order chi connectivity index (χ1) is 12.8. The van der Waals surface area contributed by atoms with Gasteiger partial charge in [0.1, 0.15) is 23.4 Å². The monoisotopic (exact) mass is 399 g/mol. The number of carbonyl (C=O) groups excluding carboxylic acids is 3. The molecule has 0 aliphatic heterocycles. The topological polar surface area (TPSA) is 118 Å². The molecule has 0 radical (unpaired) electrons. The van der Waals surface area contributed by atoms with E-state index in [1.807, 2.05) is 0 Å². The fraction of sp³-hybridized carbons (Fsp3) is 0.667. The molecule has 0 saturated heterocycles. The van der Waals surface area contributed by atoms with Gasteiger partial charge in [-0.2, -0.15) is 5.10 Å². The number of nitrogens with zero attached hydrogens (tertiary/aromatic N) is 2. The smallest absolute Gasteiger partial charge is 0.438 e. The van der Waals surface area contributed by atoms with Gasteiger partial charge in [0.15, 0.2) is 0 Å². The summed E-state index contributed by atoms with van der Waals surface area (Å²) in [5.74, 6) is -0.814. The predicted octanol–water partition coefficient (Wildman–Crippen LogP) is 2.75. The number of carbonyl (C=O) groups is 3. The average Bonchev–Trinajstić information content (AvgIpc) is 2.92. The zero-order valence-corrected chi connectivity index (χ0v) is 17.5. The Hall–Kier alpha value is -2.78. The molecule has 0 bridgehead atoms. The first kappa shape index (κ1) is 23.3. The minimum absolute atomic E-state index is 0.0232. The molecule has 158 valence electrons. The Morgan fingerprint density at radius 2 is 1.68 bits per heavy atom. The van der Waals surface area contributed by atoms with Crippen LogP contribution in [0.1, 0.15) is 58.8 Å². The van der Waals surface area contributed by atoms with Crippen LogP contribution in [0.4, 0.5) is 9.59 Å². The molecule has 28 heavy (non-hydrogen) atoms. The molecule has 1 heterocycles. The van der Waals surface area contributed by atoms with E-state index in [9.17, 15) is 14.4 Å². The van der Waals surface area contributed by atoms with Crippen molar-refractivity contribution in [3.63, 3.8) is 0 Å². The number of alkyl carbamates (subject to hydrolysis) is 1. The van der Waals surface area contributed by atoms with Gasteiger partial charge in [-0.3, -0.25) is 0 Å². The Morgan fingerprint density at radius 1 is 1.07 bits per heavy atom. The summed E-state index contributed by atoms with van der Waals surface area (Å²) >= 11 is 0. The number of hydrogen-bond donors (Lipinski definition) is 1. The summed E-state index contributed by atoms with van der Waals surface area (Å²) in [6.45, 7) is 12.2. The second-order valence-corrected chi connectivity index (χ2v) is 7.75. The minimum Gasteiger partial charge on any atom is -0.475 e. The van der Waals surface area contributed by atoms with Crippen molar-refractivity contribution in [3.05, 3.63) is 11.8 Å². The van der Waals surface area contributed by atoms with Gasteiger partial charge in [0.25, 0.3) is 0 Å². The lowest BCUT2D eigenvalue weighted by Gasteiger charge is -2.20. The van der Waals surface area contributed by atoms with E-state index in [4.69, 9.17) is 18.9 Å². The van der Waals surface area contributed by atoms with Crippen LogP contribution in [0, 0.1) is 0 Å². The van der Waals surface area contributed by atoms with Crippen molar-refractivity contribution in [1.29, 1.82) is 0 Å². The average molecular weight is 399 g/mol. The van der Waals surface area contributed by atoms with Gasteiger partial charge in [0, 0.05) is 0 Å². The van der Waals surface area contributed by atoms with Crippen molar-refractivity contribution in [1.82, 2.24) is 15.1 Å². The lowest BCUT2D eigenvalue weighted by atomic mass is 10.2. The molecular formula is C18H29N3O7. The molecule has 10 heteroatoms. The second kappa shape index (κ2) is 9.43. The highest BCUT2D eigenvalue weighted by Gasteiger charge is 2.27. The van der Waals surface area contributed by atoms with Gasteiger partial charge in [-0.05, 0) is 48.5 Å². The lowest BCUT2D eigenvalue weighted by molar-refractivity contribution is 0.0470. The van der Waals surface area contributed by atoms with Gasteiger partial charge >= 0.3 is 18.2 Å². The lowest BCUT2D eigenvalue weighted by Crippen LogP contribution is -2.35. The quantitative estimate of drug-likeness (QED) is 0.441. The van der Waals surface area contributed by atoms with E-state index >= 15 is 0 Å². The summed E-state index contributed by atoms with van der Waals surface area (Å²) in [5.41, 5.74) is -1.41. The van der Waals surface area contributed by atoms with E-state index in [0.29, 0.717) is 0 Å². The molecule has 0 atom stereocenters. The third kappa shape index (κ3) is 7.85. The van der Waals surface area contributed by atoms with Crippen LogP contribution < -0.4 is 10.1 Å². The summed E-state index contributed by atoms with van der Waals surface area (Å²) in [7, 11) is 0. The number of nitrogens with one attached hydrogen (secondary N) is 1. The summed E-state index contributed by atoms with van der Waals surface area (Å²) in [4.78, 5) is 36.1. The summed E-state index contributed by atoms with van der Waals surface area (Å²) in [5, 5.41) is 6.38. The molecule has 0 fully saturated rings. The highest BCUT2D eigenvalue weighted by molar-refractivity contribution is 5.93. The van der Waals surface area contributed by atoms with Crippen molar-refractivity contribution >= 4 is 18.2 Å². The highest BCUT2D eigenvalue weighted by Crippen LogP contribution is 2.21. The van der Waals surface area contributed by atoms with E-state index in [-0.39, 0.29) is 31.2 Å². The van der Waals surface area contributed by atoms with Gasteiger partial charge in [0.05, 0.1) is 19.3 Å². The molecule has 10 nitrogen and oxygen atoms in total. The third-order valence-corrected chi connectivity index (χ3v) is 2.80. The van der Waals surface area contributed by atoms with Gasteiger partial charge in [0.2, 0.25) is 5.88 Å². The number of amides is 1. The molecule has 0 saturated carbocycles. The normalized spacial score (nSPS) is 11.5. The van der Waals surface area contributed by atoms with Gasteiger partial charge in [-0.1, -0.05) is 0 Å². The van der Waals surface area contributed by atoms with Crippen molar-refractivity contribution < 1.29 is 33.3 Å². The number of esters is 1. The molecule has 0 unspecified atom stereocenters. The summed E-state index contributed by atoms with van der Waals surface area (Å²) in [6.07, 6.45) is -0.251. The zero-order chi connectivity index (χ0) is 21.5. The number of aromatic nitrogens is 2. The Balaban J connectivity index is 2.85. The molecule has 1 amide bonds. The molecule has 1 N–H and O–H groups in total. The Kier molecular flexibility index (Phi) is 7.83. The maximum absolute atomic E-state index is 12.3. The fourth-order valence-corrected chi connectivity index (χ4v) is 1.88. The Labute approximate surface area is 164 Å². The number of rotatable bonds is 6. The van der Waals surface area contributed by atoms with E-state index in [0.717, 1.165) is 4.68 Å². The van der Waals surface area contributed by atoms with Gasteiger partial charge in [-0.25, -0.2) is 14.4 Å². The molecule has 0 aliphatic rings. The van der Waals surface area contributed by atoms with Crippen LogP contribution in [0.2, 0.25) is 0 Å². The Bertz CT molecular complexity index is 699. The van der Waals surface area contributed by atoms with E-state index in [1.54, 1.807) is 48.5 Å².